The van der Waals surface area contributed by atoms with Crippen molar-refractivity contribution in [1.29, 1.82) is 5.41 Å². The summed E-state index contributed by atoms with van der Waals surface area (Å²) in [5.41, 5.74) is 4.94. The molecule has 6 heteroatoms. The Morgan fingerprint density at radius 1 is 1.58 bits per heavy atom. The Hall–Kier alpha value is -1.72. The van der Waals surface area contributed by atoms with E-state index in [4.69, 9.17) is 11.1 Å². The summed E-state index contributed by atoms with van der Waals surface area (Å²) in [5, 5.41) is 10.0. The molecule has 1 unspecified atom stereocenters. The number of hydrogen-bond donors (Lipinski definition) is 3. The van der Waals surface area contributed by atoms with Crippen LogP contribution in [-0.4, -0.2) is 29.5 Å². The van der Waals surface area contributed by atoms with E-state index in [-0.39, 0.29) is 5.96 Å². The van der Waals surface area contributed by atoms with Crippen molar-refractivity contribution in [3.63, 3.8) is 0 Å². The van der Waals surface area contributed by atoms with E-state index in [0.717, 1.165) is 0 Å². The van der Waals surface area contributed by atoms with E-state index in [1.165, 1.54) is 6.34 Å². The molecule has 0 aliphatic carbocycles. The molecule has 0 saturated carbocycles. The standard InChI is InChI=1S/C6H8N6/c1-6-3(7)11-5(8)12-4(6)9-2-10-6/h2H,1H3,(H4,7,8,9,10,11,12). The van der Waals surface area contributed by atoms with Crippen LogP contribution in [0.5, 0.6) is 0 Å². The van der Waals surface area contributed by atoms with Gasteiger partial charge in [-0.1, -0.05) is 0 Å². The second-order valence-electron chi connectivity index (χ2n) is 2.76. The first-order valence-corrected chi connectivity index (χ1v) is 3.45. The van der Waals surface area contributed by atoms with E-state index < -0.39 is 5.54 Å². The van der Waals surface area contributed by atoms with Gasteiger partial charge in [0.2, 0.25) is 5.96 Å². The number of nitrogens with two attached hydrogens (primary N) is 1. The molecule has 62 valence electrons. The Labute approximate surface area is 68.8 Å². The number of rotatable bonds is 0. The van der Waals surface area contributed by atoms with Gasteiger partial charge in [-0.25, -0.2) is 0 Å². The summed E-state index contributed by atoms with van der Waals surface area (Å²) in [6.45, 7) is 1.80. The van der Waals surface area contributed by atoms with E-state index >= 15 is 0 Å². The van der Waals surface area contributed by atoms with Crippen molar-refractivity contribution in [2.45, 2.75) is 12.5 Å². The van der Waals surface area contributed by atoms with Gasteiger partial charge < -0.3 is 11.1 Å². The predicted octanol–water partition coefficient (Wildman–Crippen LogP) is -0.919. The number of fused-ring (bicyclic) bond motifs is 1. The zero-order valence-electron chi connectivity index (χ0n) is 6.50. The maximum atomic E-state index is 7.21. The number of guanidine groups is 1. The Kier molecular flexibility index (Phi) is 1.10. The van der Waals surface area contributed by atoms with Gasteiger partial charge in [0, 0.05) is 0 Å². The molecule has 2 rings (SSSR count). The monoisotopic (exact) mass is 164 g/mol. The van der Waals surface area contributed by atoms with Crippen LogP contribution in [0.3, 0.4) is 0 Å². The minimum Gasteiger partial charge on any atom is -0.385 e. The summed E-state index contributed by atoms with van der Waals surface area (Å²) in [7, 11) is 0. The molecule has 2 heterocycles. The van der Waals surface area contributed by atoms with Crippen LogP contribution in [0.15, 0.2) is 15.0 Å². The third kappa shape index (κ3) is 0.687. The predicted molar refractivity (Wildman–Crippen MR) is 46.8 cm³/mol. The second kappa shape index (κ2) is 1.90. The lowest BCUT2D eigenvalue weighted by Gasteiger charge is -2.22. The van der Waals surface area contributed by atoms with E-state index in [1.807, 2.05) is 0 Å². The Bertz CT molecular complexity index is 338. The highest BCUT2D eigenvalue weighted by Crippen LogP contribution is 2.18. The van der Waals surface area contributed by atoms with E-state index in [2.05, 4.69) is 20.3 Å². The van der Waals surface area contributed by atoms with Crippen molar-refractivity contribution in [1.82, 2.24) is 5.32 Å². The van der Waals surface area contributed by atoms with Gasteiger partial charge in [0.05, 0.1) is 6.34 Å². The molecule has 2 aliphatic heterocycles. The largest absolute Gasteiger partial charge is 0.385 e. The van der Waals surface area contributed by atoms with Crippen LogP contribution in [0.4, 0.5) is 0 Å². The lowest BCUT2D eigenvalue weighted by molar-refractivity contribution is 0.828. The number of amidine groups is 2. The lowest BCUT2D eigenvalue weighted by Crippen LogP contribution is -2.50. The van der Waals surface area contributed by atoms with Gasteiger partial charge in [-0.2, -0.15) is 9.98 Å². The van der Waals surface area contributed by atoms with Crippen molar-refractivity contribution in [2.75, 3.05) is 0 Å². The van der Waals surface area contributed by atoms with Crippen LogP contribution in [0.2, 0.25) is 0 Å². The van der Waals surface area contributed by atoms with Gasteiger partial charge in [0.15, 0.2) is 5.54 Å². The van der Waals surface area contributed by atoms with Gasteiger partial charge in [-0.3, -0.25) is 10.4 Å². The highest BCUT2D eigenvalue weighted by Gasteiger charge is 2.40. The molecule has 0 radical (unpaired) electrons. The van der Waals surface area contributed by atoms with Gasteiger partial charge in [-0.05, 0) is 6.92 Å². The molecule has 0 spiro atoms. The van der Waals surface area contributed by atoms with Crippen LogP contribution in [0.25, 0.3) is 0 Å². The maximum Gasteiger partial charge on any atom is 0.245 e. The van der Waals surface area contributed by atoms with E-state index in [9.17, 15) is 0 Å². The van der Waals surface area contributed by atoms with Crippen molar-refractivity contribution < 1.29 is 0 Å². The zero-order chi connectivity index (χ0) is 8.77. The Balaban J connectivity index is 2.53. The first-order valence-electron chi connectivity index (χ1n) is 3.45. The number of hydrogen-bond acceptors (Lipinski definition) is 4. The number of aliphatic imine (C=N–C) groups is 3. The minimum atomic E-state index is -0.676. The molecule has 0 aromatic rings. The summed E-state index contributed by atoms with van der Waals surface area (Å²) in [4.78, 5) is 11.7. The third-order valence-electron chi connectivity index (χ3n) is 1.93. The molecule has 0 fully saturated rings. The first kappa shape index (κ1) is 6.96. The van der Waals surface area contributed by atoms with Crippen molar-refractivity contribution in [3.8, 4) is 0 Å². The molecular formula is C6H8N6. The molecule has 0 saturated heterocycles. The summed E-state index contributed by atoms with van der Waals surface area (Å²) in [6, 6.07) is 0. The van der Waals surface area contributed by atoms with Gasteiger partial charge in [0.1, 0.15) is 11.7 Å². The molecule has 12 heavy (non-hydrogen) atoms. The fraction of sp³-hybridized carbons (Fsp3) is 0.333. The molecule has 0 aromatic heterocycles. The Morgan fingerprint density at radius 2 is 2.33 bits per heavy atom. The maximum absolute atomic E-state index is 7.21. The zero-order valence-corrected chi connectivity index (χ0v) is 6.50. The van der Waals surface area contributed by atoms with Gasteiger partial charge in [0.25, 0.3) is 0 Å². The summed E-state index contributed by atoms with van der Waals surface area (Å²) < 4.78 is 0. The van der Waals surface area contributed by atoms with Crippen molar-refractivity contribution in [2.24, 2.45) is 20.7 Å². The SMILES string of the molecule is CC12N=CNC1=NC(=N)N=C2N. The quantitative estimate of drug-likeness (QED) is 0.431. The molecule has 2 aliphatic rings. The van der Waals surface area contributed by atoms with Gasteiger partial charge in [-0.15, -0.1) is 0 Å². The summed E-state index contributed by atoms with van der Waals surface area (Å²) in [6.07, 6.45) is 1.51. The molecule has 6 nitrogen and oxygen atoms in total. The highest BCUT2D eigenvalue weighted by atomic mass is 15.3. The molecular weight excluding hydrogens is 156 g/mol. The van der Waals surface area contributed by atoms with Crippen LogP contribution in [0.1, 0.15) is 6.92 Å². The molecule has 0 amide bonds. The minimum absolute atomic E-state index is 0.0852. The third-order valence-corrected chi connectivity index (χ3v) is 1.93. The fourth-order valence-electron chi connectivity index (χ4n) is 1.11. The van der Waals surface area contributed by atoms with Crippen LogP contribution in [-0.2, 0) is 0 Å². The number of nitrogens with zero attached hydrogens (tertiary/aromatic N) is 3. The average Bonchev–Trinajstić information content (AvgIpc) is 2.33. The topological polar surface area (TPSA) is 99.0 Å². The van der Waals surface area contributed by atoms with E-state index in [1.54, 1.807) is 6.92 Å². The smallest absolute Gasteiger partial charge is 0.245 e. The second-order valence-corrected chi connectivity index (χ2v) is 2.76. The normalized spacial score (nSPS) is 32.2. The van der Waals surface area contributed by atoms with Crippen LogP contribution in [0, 0.1) is 5.41 Å². The Morgan fingerprint density at radius 3 is 3.08 bits per heavy atom. The first-order chi connectivity index (χ1) is 5.63. The fourth-order valence-corrected chi connectivity index (χ4v) is 1.11. The average molecular weight is 164 g/mol. The molecule has 4 N–H and O–H groups in total. The number of nitrogens with one attached hydrogen (secondary N) is 2. The lowest BCUT2D eigenvalue weighted by atomic mass is 10.0. The van der Waals surface area contributed by atoms with Crippen LogP contribution < -0.4 is 11.1 Å². The van der Waals surface area contributed by atoms with Crippen molar-refractivity contribution >= 4 is 24.0 Å². The van der Waals surface area contributed by atoms with Crippen molar-refractivity contribution in [3.05, 3.63) is 0 Å². The summed E-state index contributed by atoms with van der Waals surface area (Å²) in [5.74, 6) is 0.789. The van der Waals surface area contributed by atoms with E-state index in [0.29, 0.717) is 11.7 Å². The molecule has 1 atom stereocenters. The highest BCUT2D eigenvalue weighted by molar-refractivity contribution is 6.26. The molecule has 0 bridgehead atoms. The summed E-state index contributed by atoms with van der Waals surface area (Å²) >= 11 is 0. The van der Waals surface area contributed by atoms with Crippen LogP contribution >= 0.6 is 0 Å². The molecule has 0 aromatic carbocycles. The van der Waals surface area contributed by atoms with Gasteiger partial charge >= 0.3 is 0 Å².